The van der Waals surface area contributed by atoms with Crippen LogP contribution in [0.3, 0.4) is 0 Å². The number of pyridine rings is 1. The van der Waals surface area contributed by atoms with Crippen LogP contribution in [0.4, 0.5) is 13.2 Å². The van der Waals surface area contributed by atoms with Gasteiger partial charge in [-0.05, 0) is 31.9 Å². The van der Waals surface area contributed by atoms with E-state index < -0.39 is 18.6 Å². The third kappa shape index (κ3) is 5.89. The summed E-state index contributed by atoms with van der Waals surface area (Å²) in [6, 6.07) is 1.04. The van der Waals surface area contributed by atoms with Gasteiger partial charge >= 0.3 is 6.18 Å². The Balaban J connectivity index is 2.75. The largest absolute Gasteiger partial charge is 0.489 e. The van der Waals surface area contributed by atoms with Crippen LogP contribution in [0.5, 0.6) is 5.75 Å². The van der Waals surface area contributed by atoms with Crippen LogP contribution < -0.4 is 16.0 Å². The van der Waals surface area contributed by atoms with Crippen LogP contribution >= 0.6 is 0 Å². The number of nitrogens with two attached hydrogens (primary N) is 1. The number of alkyl halides is 3. The normalized spacial score (nSPS) is 13.6. The molecule has 0 amide bonds. The van der Waals surface area contributed by atoms with E-state index in [0.29, 0.717) is 11.3 Å². The summed E-state index contributed by atoms with van der Waals surface area (Å²) in [6.45, 7) is 3.71. The minimum atomic E-state index is -4.20. The molecule has 19 heavy (non-hydrogen) atoms. The number of nitrogens with zero attached hydrogens (tertiary/aromatic N) is 1. The Hall–Kier alpha value is -1.34. The monoisotopic (exact) mass is 277 g/mol. The van der Waals surface area contributed by atoms with Crippen molar-refractivity contribution in [2.45, 2.75) is 45.0 Å². The Morgan fingerprint density at radius 1 is 1.37 bits per heavy atom. The number of hydrogen-bond acceptors (Lipinski definition) is 4. The highest BCUT2D eigenvalue weighted by molar-refractivity contribution is 5.26. The number of halogens is 3. The summed E-state index contributed by atoms with van der Waals surface area (Å²) >= 11 is 0. The van der Waals surface area contributed by atoms with Gasteiger partial charge < -0.3 is 4.74 Å². The summed E-state index contributed by atoms with van der Waals surface area (Å²) in [4.78, 5) is 3.95. The Labute approximate surface area is 110 Å². The summed E-state index contributed by atoms with van der Waals surface area (Å²) in [7, 11) is 0. The van der Waals surface area contributed by atoms with Gasteiger partial charge in [-0.1, -0.05) is 0 Å². The van der Waals surface area contributed by atoms with E-state index in [9.17, 15) is 13.2 Å². The van der Waals surface area contributed by atoms with Crippen molar-refractivity contribution in [1.82, 2.24) is 10.4 Å². The highest BCUT2D eigenvalue weighted by atomic mass is 19.4. The highest BCUT2D eigenvalue weighted by Gasteiger charge is 2.28. The lowest BCUT2D eigenvalue weighted by molar-refractivity contribution is -0.136. The molecular formula is C12H18F3N3O. The highest BCUT2D eigenvalue weighted by Crippen LogP contribution is 2.28. The molecule has 1 atom stereocenters. The molecule has 1 aromatic heterocycles. The molecular weight excluding hydrogens is 259 g/mol. The lowest BCUT2D eigenvalue weighted by Gasteiger charge is -2.18. The van der Waals surface area contributed by atoms with Crippen molar-refractivity contribution in [2.75, 3.05) is 0 Å². The van der Waals surface area contributed by atoms with Crippen LogP contribution in [-0.4, -0.2) is 17.3 Å². The molecule has 4 nitrogen and oxygen atoms in total. The number of nitrogens with one attached hydrogen (secondary N) is 1. The average Bonchev–Trinajstić information content (AvgIpc) is 2.28. The van der Waals surface area contributed by atoms with Gasteiger partial charge in [0.2, 0.25) is 0 Å². The Morgan fingerprint density at radius 3 is 2.58 bits per heavy atom. The molecule has 1 rings (SSSR count). The average molecular weight is 277 g/mol. The van der Waals surface area contributed by atoms with E-state index in [4.69, 9.17) is 10.6 Å². The van der Waals surface area contributed by atoms with Gasteiger partial charge in [0.1, 0.15) is 5.75 Å². The zero-order valence-corrected chi connectivity index (χ0v) is 10.9. The first-order valence-electron chi connectivity index (χ1n) is 5.96. The van der Waals surface area contributed by atoms with E-state index in [-0.39, 0.29) is 12.5 Å². The van der Waals surface area contributed by atoms with Gasteiger partial charge in [0.05, 0.1) is 12.3 Å². The second-order valence-corrected chi connectivity index (χ2v) is 4.49. The molecule has 0 fully saturated rings. The van der Waals surface area contributed by atoms with Crippen LogP contribution in [0.1, 0.15) is 38.3 Å². The molecule has 1 unspecified atom stereocenters. The number of rotatable bonds is 6. The van der Waals surface area contributed by atoms with Crippen LogP contribution in [-0.2, 0) is 0 Å². The smallest absolute Gasteiger partial charge is 0.389 e. The lowest BCUT2D eigenvalue weighted by atomic mass is 10.0. The maximum atomic E-state index is 12.2. The third-order valence-electron chi connectivity index (χ3n) is 2.43. The zero-order chi connectivity index (χ0) is 14.5. The Kier molecular flexibility index (Phi) is 5.56. The van der Waals surface area contributed by atoms with Crippen LogP contribution in [0.2, 0.25) is 0 Å². The van der Waals surface area contributed by atoms with Crippen molar-refractivity contribution in [3.8, 4) is 5.75 Å². The van der Waals surface area contributed by atoms with E-state index in [1.165, 1.54) is 12.4 Å². The first kappa shape index (κ1) is 15.7. The fraction of sp³-hybridized carbons (Fsp3) is 0.583. The quantitative estimate of drug-likeness (QED) is 0.620. The van der Waals surface area contributed by atoms with Gasteiger partial charge in [-0.2, -0.15) is 13.2 Å². The van der Waals surface area contributed by atoms with E-state index >= 15 is 0 Å². The van der Waals surface area contributed by atoms with Gasteiger partial charge in [-0.15, -0.1) is 0 Å². The van der Waals surface area contributed by atoms with Crippen molar-refractivity contribution >= 4 is 0 Å². The molecule has 1 heterocycles. The van der Waals surface area contributed by atoms with Crippen molar-refractivity contribution in [2.24, 2.45) is 5.84 Å². The van der Waals surface area contributed by atoms with Gasteiger partial charge in [0.15, 0.2) is 0 Å². The standard InChI is InChI=1S/C12H18F3N3O/c1-8(2)19-10-5-9(6-17-7-10)11(18-16)3-4-12(13,14)15/h5-8,11,18H,3-4,16H2,1-2H3. The molecule has 1 aromatic rings. The molecule has 0 aromatic carbocycles. The maximum absolute atomic E-state index is 12.2. The topological polar surface area (TPSA) is 60.2 Å². The second kappa shape index (κ2) is 6.72. The summed E-state index contributed by atoms with van der Waals surface area (Å²) < 4.78 is 42.1. The van der Waals surface area contributed by atoms with E-state index in [2.05, 4.69) is 10.4 Å². The molecule has 0 bridgehead atoms. The number of ether oxygens (including phenoxy) is 1. The predicted molar refractivity (Wildman–Crippen MR) is 65.4 cm³/mol. The SMILES string of the molecule is CC(C)Oc1cncc(C(CCC(F)(F)F)NN)c1. The number of hydrazine groups is 1. The van der Waals surface area contributed by atoms with Crippen molar-refractivity contribution in [3.05, 3.63) is 24.0 Å². The Morgan fingerprint density at radius 2 is 2.05 bits per heavy atom. The maximum Gasteiger partial charge on any atom is 0.389 e. The molecule has 0 saturated carbocycles. The molecule has 0 aliphatic carbocycles. The molecule has 0 spiro atoms. The third-order valence-corrected chi connectivity index (χ3v) is 2.43. The van der Waals surface area contributed by atoms with Gasteiger partial charge in [-0.25, -0.2) is 0 Å². The molecule has 0 aliphatic heterocycles. The minimum Gasteiger partial charge on any atom is -0.489 e. The summed E-state index contributed by atoms with van der Waals surface area (Å²) in [5, 5.41) is 0. The van der Waals surface area contributed by atoms with Gasteiger partial charge in [-0.3, -0.25) is 16.3 Å². The first-order chi connectivity index (χ1) is 8.81. The zero-order valence-electron chi connectivity index (χ0n) is 10.9. The molecule has 0 aliphatic rings. The van der Waals surface area contributed by atoms with Crippen LogP contribution in [0.15, 0.2) is 18.5 Å². The summed E-state index contributed by atoms with van der Waals surface area (Å²) in [6.07, 6.45) is -2.29. The van der Waals surface area contributed by atoms with Crippen molar-refractivity contribution < 1.29 is 17.9 Å². The van der Waals surface area contributed by atoms with Gasteiger partial charge in [0, 0.05) is 18.7 Å². The van der Waals surface area contributed by atoms with E-state index in [0.717, 1.165) is 0 Å². The number of aromatic nitrogens is 1. The Bertz CT molecular complexity index is 396. The van der Waals surface area contributed by atoms with Crippen LogP contribution in [0.25, 0.3) is 0 Å². The molecule has 3 N–H and O–H groups in total. The minimum absolute atomic E-state index is 0.0310. The fourth-order valence-electron chi connectivity index (χ4n) is 1.62. The van der Waals surface area contributed by atoms with Crippen molar-refractivity contribution in [1.29, 1.82) is 0 Å². The fourth-order valence-corrected chi connectivity index (χ4v) is 1.62. The lowest BCUT2D eigenvalue weighted by Crippen LogP contribution is -2.29. The van der Waals surface area contributed by atoms with E-state index in [1.54, 1.807) is 6.07 Å². The van der Waals surface area contributed by atoms with Crippen LogP contribution in [0, 0.1) is 0 Å². The second-order valence-electron chi connectivity index (χ2n) is 4.49. The molecule has 0 radical (unpaired) electrons. The van der Waals surface area contributed by atoms with Gasteiger partial charge in [0.25, 0.3) is 0 Å². The van der Waals surface area contributed by atoms with E-state index in [1.807, 2.05) is 13.8 Å². The summed E-state index contributed by atoms with van der Waals surface area (Å²) in [5.74, 6) is 5.81. The molecule has 0 saturated heterocycles. The first-order valence-corrected chi connectivity index (χ1v) is 5.96. The molecule has 108 valence electrons. The van der Waals surface area contributed by atoms with Crippen molar-refractivity contribution in [3.63, 3.8) is 0 Å². The predicted octanol–water partition coefficient (Wildman–Crippen LogP) is 2.72. The molecule has 7 heteroatoms. The number of hydrogen-bond donors (Lipinski definition) is 2. The summed E-state index contributed by atoms with van der Waals surface area (Å²) in [5.41, 5.74) is 2.95.